The van der Waals surface area contributed by atoms with Crippen LogP contribution in [-0.2, 0) is 7.05 Å². The normalized spacial score (nSPS) is 20.3. The van der Waals surface area contributed by atoms with Gasteiger partial charge in [0, 0.05) is 59.4 Å². The van der Waals surface area contributed by atoms with Crippen LogP contribution in [0.4, 0.5) is 11.8 Å². The molecular formula is C18H30N8. The molecule has 0 spiro atoms. The van der Waals surface area contributed by atoms with Gasteiger partial charge in [0.15, 0.2) is 5.65 Å². The van der Waals surface area contributed by atoms with Gasteiger partial charge in [-0.1, -0.05) is 13.8 Å². The SMILES string of the molecule is CCN1CCN(c2nc(N3CCN(CC)CC3)c3cnn(C)c3n2)CC1. The topological polar surface area (TPSA) is 56.6 Å². The highest BCUT2D eigenvalue weighted by molar-refractivity contribution is 5.88. The Morgan fingerprint density at radius 1 is 0.808 bits per heavy atom. The molecule has 8 heteroatoms. The fourth-order valence-electron chi connectivity index (χ4n) is 3.92. The van der Waals surface area contributed by atoms with Crippen molar-refractivity contribution in [3.05, 3.63) is 6.20 Å². The first-order valence-electron chi connectivity index (χ1n) is 9.84. The number of piperazine rings is 2. The predicted octanol–water partition coefficient (Wildman–Crippen LogP) is 0.647. The van der Waals surface area contributed by atoms with E-state index in [4.69, 9.17) is 9.97 Å². The molecular weight excluding hydrogens is 328 g/mol. The highest BCUT2D eigenvalue weighted by Crippen LogP contribution is 2.27. The number of rotatable bonds is 4. The zero-order valence-electron chi connectivity index (χ0n) is 16.2. The Hall–Kier alpha value is -1.93. The molecule has 2 aromatic heterocycles. The fraction of sp³-hybridized carbons (Fsp3) is 0.722. The van der Waals surface area contributed by atoms with Crippen LogP contribution in [0.3, 0.4) is 0 Å². The zero-order chi connectivity index (χ0) is 18.1. The number of nitrogens with zero attached hydrogens (tertiary/aromatic N) is 8. The van der Waals surface area contributed by atoms with Crippen LogP contribution in [-0.4, -0.2) is 95.0 Å². The largest absolute Gasteiger partial charge is 0.353 e. The van der Waals surface area contributed by atoms with Crippen LogP contribution < -0.4 is 9.80 Å². The van der Waals surface area contributed by atoms with Crippen LogP contribution in [0.2, 0.25) is 0 Å². The second kappa shape index (κ2) is 7.36. The lowest BCUT2D eigenvalue weighted by atomic mass is 10.2. The van der Waals surface area contributed by atoms with Gasteiger partial charge in [0.25, 0.3) is 0 Å². The van der Waals surface area contributed by atoms with Gasteiger partial charge in [0.05, 0.1) is 11.6 Å². The highest BCUT2D eigenvalue weighted by atomic mass is 15.4. The van der Waals surface area contributed by atoms with E-state index >= 15 is 0 Å². The van der Waals surface area contributed by atoms with E-state index < -0.39 is 0 Å². The van der Waals surface area contributed by atoms with Crippen LogP contribution >= 0.6 is 0 Å². The van der Waals surface area contributed by atoms with Gasteiger partial charge in [-0.15, -0.1) is 0 Å². The maximum Gasteiger partial charge on any atom is 0.229 e. The smallest absolute Gasteiger partial charge is 0.229 e. The molecule has 142 valence electrons. The zero-order valence-corrected chi connectivity index (χ0v) is 16.2. The second-order valence-corrected chi connectivity index (χ2v) is 7.20. The molecule has 0 N–H and O–H groups in total. The number of likely N-dealkylation sites (N-methyl/N-ethyl adjacent to an activating group) is 2. The van der Waals surface area contributed by atoms with Gasteiger partial charge >= 0.3 is 0 Å². The summed E-state index contributed by atoms with van der Waals surface area (Å²) in [5.74, 6) is 1.90. The number of aryl methyl sites for hydroxylation is 1. The molecule has 2 saturated heterocycles. The third kappa shape index (κ3) is 3.23. The summed E-state index contributed by atoms with van der Waals surface area (Å²) < 4.78 is 1.87. The lowest BCUT2D eigenvalue weighted by Crippen LogP contribution is -2.48. The van der Waals surface area contributed by atoms with Gasteiger partial charge in [-0.25, -0.2) is 0 Å². The van der Waals surface area contributed by atoms with Gasteiger partial charge in [0.2, 0.25) is 5.95 Å². The molecule has 8 nitrogen and oxygen atoms in total. The molecule has 4 heterocycles. The maximum absolute atomic E-state index is 5.01. The Kier molecular flexibility index (Phi) is 4.95. The van der Waals surface area contributed by atoms with Gasteiger partial charge in [0.1, 0.15) is 5.82 Å². The number of hydrogen-bond acceptors (Lipinski definition) is 7. The van der Waals surface area contributed by atoms with Crippen molar-refractivity contribution in [3.63, 3.8) is 0 Å². The van der Waals surface area contributed by atoms with Crippen LogP contribution in [0, 0.1) is 0 Å². The summed E-state index contributed by atoms with van der Waals surface area (Å²) in [5, 5.41) is 5.51. The fourth-order valence-corrected chi connectivity index (χ4v) is 3.92. The molecule has 2 aliphatic rings. The van der Waals surface area contributed by atoms with Crippen molar-refractivity contribution in [2.24, 2.45) is 7.05 Å². The van der Waals surface area contributed by atoms with E-state index in [-0.39, 0.29) is 0 Å². The highest BCUT2D eigenvalue weighted by Gasteiger charge is 2.24. The van der Waals surface area contributed by atoms with Gasteiger partial charge in [-0.05, 0) is 13.1 Å². The van der Waals surface area contributed by atoms with Gasteiger partial charge in [-0.2, -0.15) is 15.1 Å². The lowest BCUT2D eigenvalue weighted by molar-refractivity contribution is 0.269. The Bertz CT molecular complexity index is 741. The molecule has 4 rings (SSSR count). The van der Waals surface area contributed by atoms with Crippen molar-refractivity contribution in [2.45, 2.75) is 13.8 Å². The minimum Gasteiger partial charge on any atom is -0.353 e. The molecule has 0 amide bonds. The Balaban J connectivity index is 1.64. The van der Waals surface area contributed by atoms with Gasteiger partial charge < -0.3 is 19.6 Å². The molecule has 0 saturated carbocycles. The predicted molar refractivity (Wildman–Crippen MR) is 105 cm³/mol. The second-order valence-electron chi connectivity index (χ2n) is 7.20. The van der Waals surface area contributed by atoms with Crippen LogP contribution in [0.25, 0.3) is 11.0 Å². The molecule has 0 aliphatic carbocycles. The van der Waals surface area contributed by atoms with Crippen LogP contribution in [0.5, 0.6) is 0 Å². The molecule has 0 bridgehead atoms. The third-order valence-electron chi connectivity index (χ3n) is 5.78. The molecule has 0 atom stereocenters. The van der Waals surface area contributed by atoms with Crippen molar-refractivity contribution < 1.29 is 0 Å². The summed E-state index contributed by atoms with van der Waals surface area (Å²) in [7, 11) is 1.97. The number of aromatic nitrogens is 4. The van der Waals surface area contributed by atoms with Crippen molar-refractivity contribution in [1.82, 2.24) is 29.5 Å². The van der Waals surface area contributed by atoms with Crippen LogP contribution in [0.1, 0.15) is 13.8 Å². The van der Waals surface area contributed by atoms with E-state index in [1.54, 1.807) is 0 Å². The number of hydrogen-bond donors (Lipinski definition) is 0. The lowest BCUT2D eigenvalue weighted by Gasteiger charge is -2.36. The average molecular weight is 358 g/mol. The van der Waals surface area contributed by atoms with Crippen molar-refractivity contribution >= 4 is 22.8 Å². The first kappa shape index (κ1) is 17.5. The van der Waals surface area contributed by atoms with Crippen molar-refractivity contribution in [2.75, 3.05) is 75.2 Å². The Morgan fingerprint density at radius 3 is 1.96 bits per heavy atom. The van der Waals surface area contributed by atoms with E-state index in [2.05, 4.69) is 38.5 Å². The van der Waals surface area contributed by atoms with Gasteiger partial charge in [-0.3, -0.25) is 4.68 Å². The quantitative estimate of drug-likeness (QED) is 0.795. The monoisotopic (exact) mass is 358 g/mol. The first-order chi connectivity index (χ1) is 12.7. The molecule has 26 heavy (non-hydrogen) atoms. The summed E-state index contributed by atoms with van der Waals surface area (Å²) in [6, 6.07) is 0. The maximum atomic E-state index is 5.01. The Labute approximate surface area is 155 Å². The molecule has 2 aliphatic heterocycles. The van der Waals surface area contributed by atoms with E-state index in [1.807, 2.05) is 17.9 Å². The number of anilines is 2. The summed E-state index contributed by atoms with van der Waals surface area (Å²) in [6.07, 6.45) is 1.91. The third-order valence-corrected chi connectivity index (χ3v) is 5.78. The average Bonchev–Trinajstić information content (AvgIpc) is 3.08. The summed E-state index contributed by atoms with van der Waals surface area (Å²) in [4.78, 5) is 19.6. The first-order valence-corrected chi connectivity index (χ1v) is 9.84. The molecule has 2 fully saturated rings. The minimum absolute atomic E-state index is 0.852. The minimum atomic E-state index is 0.852. The summed E-state index contributed by atoms with van der Waals surface area (Å²) >= 11 is 0. The van der Waals surface area contributed by atoms with E-state index in [0.717, 1.165) is 88.2 Å². The van der Waals surface area contributed by atoms with E-state index in [1.165, 1.54) is 0 Å². The molecule has 0 aromatic carbocycles. The van der Waals surface area contributed by atoms with Crippen molar-refractivity contribution in [3.8, 4) is 0 Å². The van der Waals surface area contributed by atoms with Crippen molar-refractivity contribution in [1.29, 1.82) is 0 Å². The molecule has 0 radical (unpaired) electrons. The summed E-state index contributed by atoms with van der Waals surface area (Å²) in [6.45, 7) is 15.0. The molecule has 2 aromatic rings. The Morgan fingerprint density at radius 2 is 1.38 bits per heavy atom. The number of fused-ring (bicyclic) bond motifs is 1. The standard InChI is InChI=1S/C18H30N8/c1-4-23-6-10-25(11-7-23)17-15-14-19-22(3)16(15)20-18(21-17)26-12-8-24(5-2)9-13-26/h14H,4-13H2,1-3H3. The van der Waals surface area contributed by atoms with E-state index in [0.29, 0.717) is 0 Å². The van der Waals surface area contributed by atoms with Crippen LogP contribution in [0.15, 0.2) is 6.20 Å². The summed E-state index contributed by atoms with van der Waals surface area (Å²) in [5.41, 5.74) is 0.931. The molecule has 0 unspecified atom stereocenters. The van der Waals surface area contributed by atoms with E-state index in [9.17, 15) is 0 Å².